The number of nitrogens with zero attached hydrogens (tertiary/aromatic N) is 1. The van der Waals surface area contributed by atoms with Crippen LogP contribution in [-0.4, -0.2) is 93.1 Å². The van der Waals surface area contributed by atoms with Gasteiger partial charge < -0.3 is 35.6 Å². The van der Waals surface area contributed by atoms with Gasteiger partial charge in [-0.3, -0.25) is 14.5 Å². The van der Waals surface area contributed by atoms with Crippen LogP contribution in [0.25, 0.3) is 0 Å². The monoisotopic (exact) mass is 521 g/mol. The predicted molar refractivity (Wildman–Crippen MR) is 130 cm³/mol. The lowest BCUT2D eigenvalue weighted by molar-refractivity contribution is -0.155. The Bertz CT molecular complexity index is 880. The van der Waals surface area contributed by atoms with E-state index >= 15 is 0 Å². The standard InChI is InChI=1S/C21H32ClN5O6.ClH/c1-31-17-11-27(8-9-32-12-18(28)33-13-2-5-24-6-3-13)7-4-16(17)25-20(29)14-10-15(22)19(23)26-21(14)30;/h10,13,16-17,24H,2-9,11-12H2,1H3,(H,25,29)(H3,23,26,30);1H/t16-,17+;/m0./s1. The first-order chi connectivity index (χ1) is 15.9. The number of anilines is 1. The molecule has 0 bridgehead atoms. The number of aromatic amines is 1. The Morgan fingerprint density at radius 1 is 1.29 bits per heavy atom. The number of hydrogen-bond acceptors (Lipinski definition) is 9. The van der Waals surface area contributed by atoms with Crippen LogP contribution in [0.5, 0.6) is 0 Å². The number of halogens is 2. The van der Waals surface area contributed by atoms with Gasteiger partial charge in [0, 0.05) is 26.7 Å². The van der Waals surface area contributed by atoms with E-state index in [0.717, 1.165) is 25.9 Å². The van der Waals surface area contributed by atoms with E-state index in [1.165, 1.54) is 6.07 Å². The third-order valence-electron chi connectivity index (χ3n) is 5.88. The number of aromatic nitrogens is 1. The number of carbonyl (C=O) groups is 2. The molecule has 2 atom stereocenters. The molecule has 3 heterocycles. The number of nitrogens with two attached hydrogens (primary N) is 1. The highest BCUT2D eigenvalue weighted by molar-refractivity contribution is 6.33. The quantitative estimate of drug-likeness (QED) is 0.263. The van der Waals surface area contributed by atoms with E-state index in [-0.39, 0.29) is 59.6 Å². The van der Waals surface area contributed by atoms with Crippen LogP contribution in [0, 0.1) is 0 Å². The number of hydrogen-bond donors (Lipinski definition) is 4. The Morgan fingerprint density at radius 3 is 2.74 bits per heavy atom. The van der Waals surface area contributed by atoms with Crippen molar-refractivity contribution in [1.82, 2.24) is 20.5 Å². The average molecular weight is 522 g/mol. The maximum absolute atomic E-state index is 12.6. The number of H-pyrrole nitrogens is 1. The summed E-state index contributed by atoms with van der Waals surface area (Å²) in [5.74, 6) is -0.854. The van der Waals surface area contributed by atoms with Crippen LogP contribution < -0.4 is 21.9 Å². The summed E-state index contributed by atoms with van der Waals surface area (Å²) in [4.78, 5) is 41.0. The van der Waals surface area contributed by atoms with Gasteiger partial charge in [0.1, 0.15) is 24.1 Å². The van der Waals surface area contributed by atoms with Gasteiger partial charge in [-0.05, 0) is 38.4 Å². The average Bonchev–Trinajstić information content (AvgIpc) is 2.80. The molecule has 3 rings (SSSR count). The molecule has 1 aromatic heterocycles. The Labute approximate surface area is 209 Å². The van der Waals surface area contributed by atoms with Crippen LogP contribution in [0.2, 0.25) is 5.02 Å². The zero-order valence-corrected chi connectivity index (χ0v) is 20.7. The number of esters is 1. The molecule has 2 aliphatic rings. The number of ether oxygens (including phenoxy) is 3. The second kappa shape index (κ2) is 13.9. The van der Waals surface area contributed by atoms with E-state index in [1.54, 1.807) is 7.11 Å². The summed E-state index contributed by atoms with van der Waals surface area (Å²) in [6.45, 7) is 3.93. The van der Waals surface area contributed by atoms with Crippen LogP contribution in [-0.2, 0) is 19.0 Å². The highest BCUT2D eigenvalue weighted by Gasteiger charge is 2.31. The number of nitrogen functional groups attached to an aromatic ring is 1. The molecule has 2 saturated heterocycles. The van der Waals surface area contributed by atoms with E-state index in [1.807, 2.05) is 0 Å². The molecular weight excluding hydrogens is 489 g/mol. The van der Waals surface area contributed by atoms with E-state index < -0.39 is 11.5 Å². The summed E-state index contributed by atoms with van der Waals surface area (Å²) in [6, 6.07) is 0.991. The van der Waals surface area contributed by atoms with Crippen molar-refractivity contribution in [3.63, 3.8) is 0 Å². The third kappa shape index (κ3) is 8.10. The molecule has 1 amide bonds. The Balaban J connectivity index is 0.00000408. The molecule has 13 heteroatoms. The molecular formula is C21H33Cl2N5O6. The largest absolute Gasteiger partial charge is 0.461 e. The molecule has 0 aromatic carbocycles. The van der Waals surface area contributed by atoms with Gasteiger partial charge in [0.25, 0.3) is 11.5 Å². The summed E-state index contributed by atoms with van der Waals surface area (Å²) >= 11 is 5.93. The highest BCUT2D eigenvalue weighted by atomic mass is 35.5. The first-order valence-electron chi connectivity index (χ1n) is 11.1. The van der Waals surface area contributed by atoms with Crippen molar-refractivity contribution in [2.75, 3.05) is 58.8 Å². The van der Waals surface area contributed by atoms with Crippen LogP contribution >= 0.6 is 24.0 Å². The maximum atomic E-state index is 12.6. The van der Waals surface area contributed by atoms with Crippen molar-refractivity contribution >= 4 is 41.7 Å². The molecule has 5 N–H and O–H groups in total. The topological polar surface area (TPSA) is 148 Å². The molecule has 192 valence electrons. The van der Waals surface area contributed by atoms with Gasteiger partial charge in [-0.25, -0.2) is 4.79 Å². The van der Waals surface area contributed by atoms with Crippen LogP contribution in [0.4, 0.5) is 5.82 Å². The zero-order chi connectivity index (χ0) is 23.8. The number of rotatable bonds is 9. The lowest BCUT2D eigenvalue weighted by Crippen LogP contribution is -2.55. The number of pyridine rings is 1. The summed E-state index contributed by atoms with van der Waals surface area (Å²) in [7, 11) is 1.58. The lowest BCUT2D eigenvalue weighted by Gasteiger charge is -2.38. The fourth-order valence-corrected chi connectivity index (χ4v) is 4.16. The minimum atomic E-state index is -0.600. The van der Waals surface area contributed by atoms with Crippen LogP contribution in [0.1, 0.15) is 29.6 Å². The van der Waals surface area contributed by atoms with Gasteiger partial charge >= 0.3 is 5.97 Å². The molecule has 1 aromatic rings. The van der Waals surface area contributed by atoms with Crippen LogP contribution in [0.15, 0.2) is 10.9 Å². The molecule has 34 heavy (non-hydrogen) atoms. The minimum Gasteiger partial charge on any atom is -0.461 e. The smallest absolute Gasteiger partial charge is 0.332 e. The number of methoxy groups -OCH3 is 1. The van der Waals surface area contributed by atoms with E-state index in [2.05, 4.69) is 20.5 Å². The van der Waals surface area contributed by atoms with Gasteiger partial charge in [0.2, 0.25) is 0 Å². The molecule has 0 aliphatic carbocycles. The fourth-order valence-electron chi connectivity index (χ4n) is 4.00. The Morgan fingerprint density at radius 2 is 2.03 bits per heavy atom. The van der Waals surface area contributed by atoms with Crippen molar-refractivity contribution in [1.29, 1.82) is 0 Å². The number of likely N-dealkylation sites (tertiary alicyclic amines) is 1. The van der Waals surface area contributed by atoms with Gasteiger partial charge in [-0.2, -0.15) is 0 Å². The number of carbonyl (C=O) groups excluding carboxylic acids is 2. The SMILES string of the molecule is CO[C@@H]1CN(CCOCC(=O)OC2CCNCC2)CC[C@@H]1NC(=O)c1cc(Cl)c(N)[nH]c1=O.Cl. The second-order valence-electron chi connectivity index (χ2n) is 8.21. The molecule has 0 spiro atoms. The lowest BCUT2D eigenvalue weighted by atomic mass is 10.0. The number of piperidine rings is 2. The number of amides is 1. The third-order valence-corrected chi connectivity index (χ3v) is 6.20. The van der Waals surface area contributed by atoms with Crippen molar-refractivity contribution in [3.05, 3.63) is 27.0 Å². The van der Waals surface area contributed by atoms with E-state index in [4.69, 9.17) is 31.5 Å². The van der Waals surface area contributed by atoms with Crippen molar-refractivity contribution < 1.29 is 23.8 Å². The summed E-state index contributed by atoms with van der Waals surface area (Å²) in [5.41, 5.74) is 4.86. The summed E-state index contributed by atoms with van der Waals surface area (Å²) in [5, 5.41) is 6.19. The fraction of sp³-hybridized carbons (Fsp3) is 0.667. The summed E-state index contributed by atoms with van der Waals surface area (Å²) in [6.07, 6.45) is 1.99. The van der Waals surface area contributed by atoms with E-state index in [0.29, 0.717) is 32.7 Å². The molecule has 0 saturated carbocycles. The molecule has 2 fully saturated rings. The number of nitrogens with one attached hydrogen (secondary N) is 3. The molecule has 0 radical (unpaired) electrons. The van der Waals surface area contributed by atoms with Gasteiger partial charge in [0.05, 0.1) is 23.8 Å². The predicted octanol–water partition coefficient (Wildman–Crippen LogP) is 0.163. The minimum absolute atomic E-state index is 0. The van der Waals surface area contributed by atoms with Gasteiger partial charge in [-0.1, -0.05) is 11.6 Å². The van der Waals surface area contributed by atoms with Gasteiger partial charge in [0.15, 0.2) is 0 Å². The van der Waals surface area contributed by atoms with Crippen molar-refractivity contribution in [3.8, 4) is 0 Å². The highest BCUT2D eigenvalue weighted by Crippen LogP contribution is 2.17. The maximum Gasteiger partial charge on any atom is 0.332 e. The Hall–Kier alpha value is -1.89. The second-order valence-corrected chi connectivity index (χ2v) is 8.62. The zero-order valence-electron chi connectivity index (χ0n) is 19.1. The molecule has 11 nitrogen and oxygen atoms in total. The van der Waals surface area contributed by atoms with Crippen LogP contribution in [0.3, 0.4) is 0 Å². The Kier molecular flexibility index (Phi) is 11.6. The normalized spacial score (nSPS) is 21.5. The van der Waals surface area contributed by atoms with Gasteiger partial charge in [-0.15, -0.1) is 12.4 Å². The molecule has 0 unspecified atom stereocenters. The van der Waals surface area contributed by atoms with E-state index in [9.17, 15) is 14.4 Å². The molecule has 2 aliphatic heterocycles. The first kappa shape index (κ1) is 28.3. The summed E-state index contributed by atoms with van der Waals surface area (Å²) < 4.78 is 16.5. The van der Waals surface area contributed by atoms with Crippen molar-refractivity contribution in [2.24, 2.45) is 0 Å². The first-order valence-corrected chi connectivity index (χ1v) is 11.5. The van der Waals surface area contributed by atoms with Crippen molar-refractivity contribution in [2.45, 2.75) is 37.5 Å².